The van der Waals surface area contributed by atoms with E-state index in [9.17, 15) is 18.1 Å². The summed E-state index contributed by atoms with van der Waals surface area (Å²) in [6.07, 6.45) is -4.33. The molecule has 13 heavy (non-hydrogen) atoms. The van der Waals surface area contributed by atoms with Gasteiger partial charge in [-0.25, -0.2) is 0 Å². The molecule has 0 aromatic heterocycles. The van der Waals surface area contributed by atoms with E-state index < -0.39 is 11.7 Å². The van der Waals surface area contributed by atoms with Crippen molar-refractivity contribution in [2.75, 3.05) is 0 Å². The van der Waals surface area contributed by atoms with Crippen LogP contribution in [0.25, 0.3) is 0 Å². The first-order valence-corrected chi connectivity index (χ1v) is 3.49. The molecule has 0 aliphatic carbocycles. The van der Waals surface area contributed by atoms with Crippen LogP contribution in [0, 0.1) is 4.91 Å². The highest BCUT2D eigenvalue weighted by molar-refractivity contribution is 5.24. The predicted molar refractivity (Wildman–Crippen MR) is 40.9 cm³/mol. The van der Waals surface area contributed by atoms with Gasteiger partial charge in [0.2, 0.25) is 0 Å². The van der Waals surface area contributed by atoms with E-state index in [0.29, 0.717) is 5.56 Å². The maximum atomic E-state index is 12.0. The molecule has 0 saturated carbocycles. The van der Waals surface area contributed by atoms with Crippen molar-refractivity contribution in [1.82, 2.24) is 0 Å². The van der Waals surface area contributed by atoms with Crippen LogP contribution in [0.4, 0.5) is 13.2 Å². The Hall–Kier alpha value is -1.39. The molecule has 0 N–H and O–H groups in total. The van der Waals surface area contributed by atoms with Gasteiger partial charge >= 0.3 is 6.18 Å². The van der Waals surface area contributed by atoms with Crippen LogP contribution in [-0.4, -0.2) is 0 Å². The van der Waals surface area contributed by atoms with E-state index in [2.05, 4.69) is 5.18 Å². The quantitative estimate of drug-likeness (QED) is 0.657. The topological polar surface area (TPSA) is 29.4 Å². The fourth-order valence-electron chi connectivity index (χ4n) is 0.874. The van der Waals surface area contributed by atoms with Crippen LogP contribution in [0.5, 0.6) is 0 Å². The Morgan fingerprint density at radius 2 is 1.69 bits per heavy atom. The summed E-state index contributed by atoms with van der Waals surface area (Å²) in [7, 11) is 0. The van der Waals surface area contributed by atoms with Crippen LogP contribution in [0.15, 0.2) is 29.4 Å². The van der Waals surface area contributed by atoms with Gasteiger partial charge in [-0.1, -0.05) is 17.3 Å². The number of alkyl halides is 3. The van der Waals surface area contributed by atoms with Crippen molar-refractivity contribution in [3.05, 3.63) is 40.3 Å². The molecule has 1 aromatic carbocycles. The van der Waals surface area contributed by atoms with Gasteiger partial charge < -0.3 is 0 Å². The average Bonchev–Trinajstić information content (AvgIpc) is 2.04. The minimum absolute atomic E-state index is 0.0991. The van der Waals surface area contributed by atoms with Gasteiger partial charge in [-0.3, -0.25) is 0 Å². The zero-order valence-electron chi connectivity index (χ0n) is 6.51. The average molecular weight is 189 g/mol. The molecule has 5 heteroatoms. The highest BCUT2D eigenvalue weighted by atomic mass is 19.4. The minimum Gasteiger partial charge on any atom is -0.166 e. The zero-order valence-corrected chi connectivity index (χ0v) is 6.51. The molecule has 0 saturated heterocycles. The number of nitrogens with zero attached hydrogens (tertiary/aromatic N) is 1. The lowest BCUT2D eigenvalue weighted by atomic mass is 10.1. The van der Waals surface area contributed by atoms with Crippen LogP contribution >= 0.6 is 0 Å². The maximum absolute atomic E-state index is 12.0. The monoisotopic (exact) mass is 189 g/mol. The van der Waals surface area contributed by atoms with Crippen molar-refractivity contribution in [1.29, 1.82) is 0 Å². The largest absolute Gasteiger partial charge is 0.416 e. The van der Waals surface area contributed by atoms with Gasteiger partial charge in [-0.05, 0) is 17.7 Å². The van der Waals surface area contributed by atoms with Crippen molar-refractivity contribution in [3.63, 3.8) is 0 Å². The summed E-state index contributed by atoms with van der Waals surface area (Å²) >= 11 is 0. The third-order valence-corrected chi connectivity index (χ3v) is 1.53. The molecule has 1 aromatic rings. The summed E-state index contributed by atoms with van der Waals surface area (Å²) < 4.78 is 36.1. The predicted octanol–water partition coefficient (Wildman–Crippen LogP) is 2.97. The SMILES string of the molecule is O=NCc1ccc(C(F)(F)F)cc1. The summed E-state index contributed by atoms with van der Waals surface area (Å²) in [6.45, 7) is -0.0991. The molecule has 70 valence electrons. The normalized spacial score (nSPS) is 11.3. The van der Waals surface area contributed by atoms with Crippen LogP contribution < -0.4 is 0 Å². The van der Waals surface area contributed by atoms with Gasteiger partial charge in [0, 0.05) is 0 Å². The van der Waals surface area contributed by atoms with E-state index in [4.69, 9.17) is 0 Å². The van der Waals surface area contributed by atoms with E-state index in [1.807, 2.05) is 0 Å². The van der Waals surface area contributed by atoms with E-state index in [1.165, 1.54) is 12.1 Å². The molecule has 0 atom stereocenters. The summed E-state index contributed by atoms with van der Waals surface area (Å²) in [5.74, 6) is 0. The van der Waals surface area contributed by atoms with Gasteiger partial charge in [0.1, 0.15) is 6.54 Å². The summed E-state index contributed by atoms with van der Waals surface area (Å²) in [5, 5.41) is 2.57. The molecular formula is C8H6F3NO. The Morgan fingerprint density at radius 1 is 1.15 bits per heavy atom. The number of benzene rings is 1. The molecule has 0 fully saturated rings. The molecule has 0 spiro atoms. The van der Waals surface area contributed by atoms with Gasteiger partial charge in [-0.15, -0.1) is 0 Å². The molecule has 1 rings (SSSR count). The summed E-state index contributed by atoms with van der Waals surface area (Å²) in [6, 6.07) is 4.34. The second-order valence-electron chi connectivity index (χ2n) is 2.48. The molecular weight excluding hydrogens is 183 g/mol. The van der Waals surface area contributed by atoms with Crippen molar-refractivity contribution < 1.29 is 13.2 Å². The first-order chi connectivity index (χ1) is 6.04. The lowest BCUT2D eigenvalue weighted by Gasteiger charge is -2.05. The van der Waals surface area contributed by atoms with Crippen LogP contribution in [0.1, 0.15) is 11.1 Å². The van der Waals surface area contributed by atoms with E-state index in [-0.39, 0.29) is 6.54 Å². The van der Waals surface area contributed by atoms with Crippen LogP contribution in [-0.2, 0) is 12.7 Å². The maximum Gasteiger partial charge on any atom is 0.416 e. The van der Waals surface area contributed by atoms with Crippen LogP contribution in [0.2, 0.25) is 0 Å². The Bertz CT molecular complexity index is 291. The third kappa shape index (κ3) is 2.54. The Balaban J connectivity index is 2.87. The first-order valence-electron chi connectivity index (χ1n) is 3.49. The minimum atomic E-state index is -4.33. The van der Waals surface area contributed by atoms with Gasteiger partial charge in [0.25, 0.3) is 0 Å². The lowest BCUT2D eigenvalue weighted by Crippen LogP contribution is -2.04. The Labute approximate surface area is 72.4 Å². The van der Waals surface area contributed by atoms with Gasteiger partial charge in [0.15, 0.2) is 0 Å². The molecule has 0 aliphatic rings. The van der Waals surface area contributed by atoms with Crippen molar-refractivity contribution in [2.24, 2.45) is 5.18 Å². The van der Waals surface area contributed by atoms with Gasteiger partial charge in [-0.2, -0.15) is 18.1 Å². The van der Waals surface area contributed by atoms with Crippen molar-refractivity contribution in [3.8, 4) is 0 Å². The zero-order chi connectivity index (χ0) is 9.90. The second-order valence-corrected chi connectivity index (χ2v) is 2.48. The first kappa shape index (κ1) is 9.70. The van der Waals surface area contributed by atoms with E-state index >= 15 is 0 Å². The lowest BCUT2D eigenvalue weighted by molar-refractivity contribution is -0.137. The molecule has 0 unspecified atom stereocenters. The van der Waals surface area contributed by atoms with E-state index in [1.54, 1.807) is 0 Å². The Kier molecular flexibility index (Phi) is 2.65. The molecule has 0 heterocycles. The molecule has 0 amide bonds. The van der Waals surface area contributed by atoms with E-state index in [0.717, 1.165) is 12.1 Å². The van der Waals surface area contributed by atoms with Crippen LogP contribution in [0.3, 0.4) is 0 Å². The second kappa shape index (κ2) is 3.55. The number of hydrogen-bond donors (Lipinski definition) is 0. The molecule has 0 aliphatic heterocycles. The standard InChI is InChI=1S/C8H6F3NO/c9-8(10,11)7-3-1-6(2-4-7)5-12-13/h1-4H,5H2. The molecule has 0 bridgehead atoms. The fourth-order valence-corrected chi connectivity index (χ4v) is 0.874. The highest BCUT2D eigenvalue weighted by Gasteiger charge is 2.29. The van der Waals surface area contributed by atoms with Crippen molar-refractivity contribution >= 4 is 0 Å². The smallest absolute Gasteiger partial charge is 0.166 e. The number of rotatable bonds is 2. The molecule has 2 nitrogen and oxygen atoms in total. The third-order valence-electron chi connectivity index (χ3n) is 1.53. The number of halogens is 3. The fraction of sp³-hybridized carbons (Fsp3) is 0.250. The van der Waals surface area contributed by atoms with Crippen molar-refractivity contribution in [2.45, 2.75) is 12.7 Å². The van der Waals surface area contributed by atoms with Gasteiger partial charge in [0.05, 0.1) is 5.56 Å². The number of hydrogen-bond acceptors (Lipinski definition) is 2. The number of nitroso groups, excluding NO2 is 1. The Morgan fingerprint density at radius 3 is 2.08 bits per heavy atom. The summed E-state index contributed by atoms with van der Waals surface area (Å²) in [4.78, 5) is 9.78. The summed E-state index contributed by atoms with van der Waals surface area (Å²) in [5.41, 5.74) is -0.245. The highest BCUT2D eigenvalue weighted by Crippen LogP contribution is 2.29. The molecule has 0 radical (unpaired) electrons.